The van der Waals surface area contributed by atoms with Crippen LogP contribution in [0.4, 0.5) is 0 Å². The smallest absolute Gasteiger partial charge is 0.0412 e. The molecule has 0 aromatic carbocycles. The van der Waals surface area contributed by atoms with Gasteiger partial charge in [0.25, 0.3) is 0 Å². The first-order valence-electron chi connectivity index (χ1n) is 4.72. The van der Waals surface area contributed by atoms with Gasteiger partial charge in [0.15, 0.2) is 0 Å². The first-order chi connectivity index (χ1) is 4.72. The lowest BCUT2D eigenvalue weighted by molar-refractivity contribution is 0.215. The first-order valence-corrected chi connectivity index (χ1v) is 4.72. The molecule has 1 rings (SSSR count). The highest BCUT2D eigenvalue weighted by molar-refractivity contribution is 4.73. The Kier molecular flexibility index (Phi) is 2.76. The molecule has 0 heterocycles. The maximum Gasteiger partial charge on any atom is -0.0412 e. The van der Waals surface area contributed by atoms with Crippen molar-refractivity contribution in [3.05, 3.63) is 0 Å². The zero-order valence-electron chi connectivity index (χ0n) is 7.56. The van der Waals surface area contributed by atoms with Gasteiger partial charge >= 0.3 is 0 Å². The summed E-state index contributed by atoms with van der Waals surface area (Å²) < 4.78 is 0. The highest BCUT2D eigenvalue weighted by atomic mass is 14.3. The quantitative estimate of drug-likeness (QED) is 0.523. The fraction of sp³-hybridized carbons (Fsp3) is 1.00. The Morgan fingerprint density at radius 1 is 1.00 bits per heavy atom. The molecule has 0 N–H and O–H groups in total. The molecule has 0 saturated heterocycles. The zero-order chi connectivity index (χ0) is 7.56. The third-order valence-electron chi connectivity index (χ3n) is 2.85. The lowest BCUT2D eigenvalue weighted by Crippen LogP contribution is -2.18. The van der Waals surface area contributed by atoms with E-state index in [2.05, 4.69) is 20.8 Å². The van der Waals surface area contributed by atoms with Gasteiger partial charge in [-0.1, -0.05) is 27.2 Å². The van der Waals surface area contributed by atoms with Gasteiger partial charge in [0.05, 0.1) is 0 Å². The molecular weight excluding hydrogens is 120 g/mol. The van der Waals surface area contributed by atoms with Gasteiger partial charge in [-0.15, -0.1) is 0 Å². The van der Waals surface area contributed by atoms with E-state index in [9.17, 15) is 0 Å². The predicted molar refractivity (Wildman–Crippen MR) is 46.0 cm³/mol. The van der Waals surface area contributed by atoms with Crippen molar-refractivity contribution in [2.45, 2.75) is 46.5 Å². The Balaban J connectivity index is 2.35. The van der Waals surface area contributed by atoms with Crippen LogP contribution >= 0.6 is 0 Å². The molecule has 0 aromatic rings. The van der Waals surface area contributed by atoms with Crippen LogP contribution in [-0.4, -0.2) is 0 Å². The minimum absolute atomic E-state index is 0.994. The monoisotopic (exact) mass is 140 g/mol. The Bertz CT molecular complexity index is 86.2. The molecule has 1 aliphatic rings. The predicted octanol–water partition coefficient (Wildman–Crippen LogP) is 3.47. The van der Waals surface area contributed by atoms with Crippen molar-refractivity contribution < 1.29 is 0 Å². The summed E-state index contributed by atoms with van der Waals surface area (Å²) in [5, 5.41) is 0. The molecule has 0 spiro atoms. The zero-order valence-corrected chi connectivity index (χ0v) is 7.56. The molecule has 0 aromatic heterocycles. The van der Waals surface area contributed by atoms with Crippen molar-refractivity contribution in [2.24, 2.45) is 17.8 Å². The fourth-order valence-electron chi connectivity index (χ4n) is 2.45. The molecule has 1 aliphatic carbocycles. The highest BCUT2D eigenvalue weighted by Crippen LogP contribution is 2.34. The average Bonchev–Trinajstić information content (AvgIpc) is 1.85. The first kappa shape index (κ1) is 8.10. The third-order valence-corrected chi connectivity index (χ3v) is 2.85. The summed E-state index contributed by atoms with van der Waals surface area (Å²) in [5.41, 5.74) is 0. The van der Waals surface area contributed by atoms with Crippen molar-refractivity contribution >= 4 is 0 Å². The Hall–Kier alpha value is 0. The summed E-state index contributed by atoms with van der Waals surface area (Å²) in [6.45, 7) is 7.13. The molecule has 3 atom stereocenters. The molecule has 0 aliphatic heterocycles. The van der Waals surface area contributed by atoms with Crippen LogP contribution in [0.3, 0.4) is 0 Å². The topological polar surface area (TPSA) is 0 Å². The van der Waals surface area contributed by atoms with E-state index in [1.807, 2.05) is 0 Å². The molecule has 0 heteroatoms. The standard InChI is InChI=1S/C10H20/c1-4-10-6-8(2)5-9(3)7-10/h8-10H,4-7H2,1-3H3/t8-,9?,10?/m1/s1. The number of rotatable bonds is 1. The summed E-state index contributed by atoms with van der Waals surface area (Å²) in [7, 11) is 0. The Morgan fingerprint density at radius 3 is 1.90 bits per heavy atom. The fourth-order valence-corrected chi connectivity index (χ4v) is 2.45. The highest BCUT2D eigenvalue weighted by Gasteiger charge is 2.21. The van der Waals surface area contributed by atoms with Crippen LogP contribution in [0.15, 0.2) is 0 Å². The minimum atomic E-state index is 0.994. The van der Waals surface area contributed by atoms with Gasteiger partial charge in [0, 0.05) is 0 Å². The number of hydrogen-bond acceptors (Lipinski definition) is 0. The van der Waals surface area contributed by atoms with Crippen LogP contribution in [0.2, 0.25) is 0 Å². The van der Waals surface area contributed by atoms with Crippen LogP contribution in [0.1, 0.15) is 46.5 Å². The second-order valence-corrected chi connectivity index (χ2v) is 4.19. The third kappa shape index (κ3) is 2.00. The molecule has 0 bridgehead atoms. The van der Waals surface area contributed by atoms with Gasteiger partial charge in [-0.3, -0.25) is 0 Å². The molecule has 1 saturated carbocycles. The van der Waals surface area contributed by atoms with Crippen LogP contribution in [0, 0.1) is 17.8 Å². The van der Waals surface area contributed by atoms with Crippen molar-refractivity contribution in [3.63, 3.8) is 0 Å². The van der Waals surface area contributed by atoms with Crippen molar-refractivity contribution in [1.82, 2.24) is 0 Å². The van der Waals surface area contributed by atoms with E-state index in [-0.39, 0.29) is 0 Å². The van der Waals surface area contributed by atoms with Crippen LogP contribution in [-0.2, 0) is 0 Å². The van der Waals surface area contributed by atoms with Gasteiger partial charge in [0.1, 0.15) is 0 Å². The Morgan fingerprint density at radius 2 is 1.50 bits per heavy atom. The minimum Gasteiger partial charge on any atom is -0.0651 e. The van der Waals surface area contributed by atoms with Crippen molar-refractivity contribution in [2.75, 3.05) is 0 Å². The van der Waals surface area contributed by atoms with E-state index >= 15 is 0 Å². The van der Waals surface area contributed by atoms with E-state index in [0.29, 0.717) is 0 Å². The van der Waals surface area contributed by atoms with Crippen molar-refractivity contribution in [1.29, 1.82) is 0 Å². The largest absolute Gasteiger partial charge is 0.0651 e. The van der Waals surface area contributed by atoms with Crippen LogP contribution < -0.4 is 0 Å². The van der Waals surface area contributed by atoms with Crippen molar-refractivity contribution in [3.8, 4) is 0 Å². The normalized spacial score (nSPS) is 41.7. The summed E-state index contributed by atoms with van der Waals surface area (Å²) in [6, 6.07) is 0. The summed E-state index contributed by atoms with van der Waals surface area (Å²) in [5.74, 6) is 3.03. The second-order valence-electron chi connectivity index (χ2n) is 4.19. The van der Waals surface area contributed by atoms with Crippen LogP contribution in [0.5, 0.6) is 0 Å². The number of hydrogen-bond donors (Lipinski definition) is 0. The van der Waals surface area contributed by atoms with E-state index < -0.39 is 0 Å². The lowest BCUT2D eigenvalue weighted by Gasteiger charge is -2.30. The molecular formula is C10H20. The lowest BCUT2D eigenvalue weighted by atomic mass is 9.76. The second kappa shape index (κ2) is 3.41. The summed E-state index contributed by atoms with van der Waals surface area (Å²) in [6.07, 6.45) is 5.84. The molecule has 2 unspecified atom stereocenters. The van der Waals surface area contributed by atoms with Gasteiger partial charge in [-0.25, -0.2) is 0 Å². The maximum atomic E-state index is 2.40. The molecule has 0 nitrogen and oxygen atoms in total. The van der Waals surface area contributed by atoms with E-state index in [1.165, 1.54) is 25.7 Å². The SMILES string of the molecule is CCC1CC(C)C[C@@H](C)C1. The molecule has 0 amide bonds. The molecule has 0 radical (unpaired) electrons. The Labute approximate surface area is 65.0 Å². The van der Waals surface area contributed by atoms with Gasteiger partial charge in [0.2, 0.25) is 0 Å². The molecule has 10 heavy (non-hydrogen) atoms. The summed E-state index contributed by atoms with van der Waals surface area (Å²) >= 11 is 0. The molecule has 60 valence electrons. The molecule has 1 fully saturated rings. The summed E-state index contributed by atoms with van der Waals surface area (Å²) in [4.78, 5) is 0. The van der Waals surface area contributed by atoms with E-state index in [1.54, 1.807) is 0 Å². The van der Waals surface area contributed by atoms with Gasteiger partial charge in [-0.05, 0) is 37.0 Å². The van der Waals surface area contributed by atoms with E-state index in [4.69, 9.17) is 0 Å². The maximum absolute atomic E-state index is 2.40. The van der Waals surface area contributed by atoms with Gasteiger partial charge < -0.3 is 0 Å². The van der Waals surface area contributed by atoms with E-state index in [0.717, 1.165) is 17.8 Å². The average molecular weight is 140 g/mol. The van der Waals surface area contributed by atoms with Crippen LogP contribution in [0.25, 0.3) is 0 Å². The van der Waals surface area contributed by atoms with Gasteiger partial charge in [-0.2, -0.15) is 0 Å².